The molecule has 0 heterocycles. The van der Waals surface area contributed by atoms with Gasteiger partial charge >= 0.3 is 5.97 Å². The van der Waals surface area contributed by atoms with E-state index < -0.39 is 18.5 Å². The Hall–Kier alpha value is -2.24. The van der Waals surface area contributed by atoms with E-state index in [1.165, 1.54) is 0 Å². The van der Waals surface area contributed by atoms with Crippen LogP contribution in [0.15, 0.2) is 42.5 Å². The topological polar surface area (TPSA) is 64.6 Å². The van der Waals surface area contributed by atoms with Crippen LogP contribution in [0.3, 0.4) is 0 Å². The van der Waals surface area contributed by atoms with Crippen molar-refractivity contribution in [2.75, 3.05) is 18.5 Å². The molecular formula is C18H17Cl2NO4. The van der Waals surface area contributed by atoms with Crippen LogP contribution in [0.2, 0.25) is 10.0 Å². The number of para-hydroxylation sites is 1. The van der Waals surface area contributed by atoms with Crippen molar-refractivity contribution in [2.24, 2.45) is 0 Å². The number of rotatable bonds is 7. The number of esters is 1. The van der Waals surface area contributed by atoms with Crippen molar-refractivity contribution in [1.82, 2.24) is 0 Å². The third-order valence-electron chi connectivity index (χ3n) is 3.12. The molecule has 0 spiro atoms. The fraction of sp³-hybridized carbons (Fsp3) is 0.222. The summed E-state index contributed by atoms with van der Waals surface area (Å²) in [4.78, 5) is 23.9. The lowest BCUT2D eigenvalue weighted by molar-refractivity contribution is -0.119. The summed E-state index contributed by atoms with van der Waals surface area (Å²) in [6.45, 7) is 2.16. The highest BCUT2D eigenvalue weighted by atomic mass is 35.5. The molecule has 7 heteroatoms. The molecule has 1 N–H and O–H groups in total. The lowest BCUT2D eigenvalue weighted by Gasteiger charge is -2.10. The van der Waals surface area contributed by atoms with Crippen LogP contribution < -0.4 is 10.1 Å². The molecule has 0 atom stereocenters. The van der Waals surface area contributed by atoms with Crippen molar-refractivity contribution < 1.29 is 19.1 Å². The van der Waals surface area contributed by atoms with E-state index in [4.69, 9.17) is 32.7 Å². The predicted octanol–water partition coefficient (Wildman–Crippen LogP) is 4.58. The summed E-state index contributed by atoms with van der Waals surface area (Å²) in [6, 6.07) is 11.4. The van der Waals surface area contributed by atoms with Crippen LogP contribution in [0, 0.1) is 0 Å². The van der Waals surface area contributed by atoms with Gasteiger partial charge in [-0.25, -0.2) is 4.79 Å². The van der Waals surface area contributed by atoms with Crippen LogP contribution in [-0.2, 0) is 9.53 Å². The van der Waals surface area contributed by atoms with E-state index in [1.54, 1.807) is 42.5 Å². The molecule has 0 radical (unpaired) electrons. The zero-order chi connectivity index (χ0) is 18.2. The number of carbonyl (C=O) groups excluding carboxylic acids is 2. The Labute approximate surface area is 155 Å². The normalized spacial score (nSPS) is 10.2. The first-order valence-electron chi connectivity index (χ1n) is 7.65. The van der Waals surface area contributed by atoms with Gasteiger partial charge in [0.15, 0.2) is 6.61 Å². The van der Waals surface area contributed by atoms with Gasteiger partial charge in [-0.1, -0.05) is 36.2 Å². The number of halogens is 2. The van der Waals surface area contributed by atoms with Crippen LogP contribution in [0.25, 0.3) is 0 Å². The van der Waals surface area contributed by atoms with Crippen LogP contribution in [0.1, 0.15) is 23.7 Å². The molecule has 0 saturated heterocycles. The molecule has 2 rings (SSSR count). The van der Waals surface area contributed by atoms with E-state index >= 15 is 0 Å². The molecule has 2 aromatic rings. The molecule has 1 amide bonds. The van der Waals surface area contributed by atoms with Crippen molar-refractivity contribution in [3.63, 3.8) is 0 Å². The van der Waals surface area contributed by atoms with Crippen LogP contribution >= 0.6 is 23.2 Å². The Kier molecular flexibility index (Phi) is 7.10. The first-order valence-corrected chi connectivity index (χ1v) is 8.40. The Morgan fingerprint density at radius 2 is 1.68 bits per heavy atom. The van der Waals surface area contributed by atoms with Gasteiger partial charge in [0.05, 0.1) is 27.9 Å². The maximum Gasteiger partial charge on any atom is 0.338 e. The zero-order valence-corrected chi connectivity index (χ0v) is 15.1. The molecule has 0 saturated carbocycles. The van der Waals surface area contributed by atoms with Gasteiger partial charge in [0, 0.05) is 0 Å². The lowest BCUT2D eigenvalue weighted by atomic mass is 10.2. The minimum atomic E-state index is -0.609. The molecule has 0 aliphatic carbocycles. The van der Waals surface area contributed by atoms with Gasteiger partial charge in [-0.15, -0.1) is 0 Å². The Morgan fingerprint density at radius 1 is 1.04 bits per heavy atom. The smallest absolute Gasteiger partial charge is 0.338 e. The van der Waals surface area contributed by atoms with Gasteiger partial charge in [-0.2, -0.15) is 0 Å². The molecule has 132 valence electrons. The van der Waals surface area contributed by atoms with Crippen molar-refractivity contribution in [3.05, 3.63) is 58.1 Å². The maximum absolute atomic E-state index is 12.0. The van der Waals surface area contributed by atoms with Gasteiger partial charge in [0.1, 0.15) is 5.75 Å². The molecular weight excluding hydrogens is 365 g/mol. The van der Waals surface area contributed by atoms with E-state index in [2.05, 4.69) is 5.32 Å². The number of ether oxygens (including phenoxy) is 2. The number of amides is 1. The summed E-state index contributed by atoms with van der Waals surface area (Å²) in [7, 11) is 0. The lowest BCUT2D eigenvalue weighted by Crippen LogP contribution is -2.21. The fourth-order valence-corrected chi connectivity index (χ4v) is 2.41. The summed E-state index contributed by atoms with van der Waals surface area (Å²) in [5, 5.41) is 3.12. The van der Waals surface area contributed by atoms with Gasteiger partial charge in [-0.05, 0) is 42.8 Å². The van der Waals surface area contributed by atoms with Crippen LogP contribution in [-0.4, -0.2) is 25.1 Å². The SMILES string of the molecule is CCCOc1ccc(C(=O)OCC(=O)Nc2c(Cl)cccc2Cl)cc1. The number of hydrogen-bond donors (Lipinski definition) is 1. The highest BCUT2D eigenvalue weighted by molar-refractivity contribution is 6.39. The molecule has 25 heavy (non-hydrogen) atoms. The van der Waals surface area contributed by atoms with Crippen molar-refractivity contribution in [3.8, 4) is 5.75 Å². The quantitative estimate of drug-likeness (QED) is 0.712. The average molecular weight is 382 g/mol. The van der Waals surface area contributed by atoms with E-state index in [9.17, 15) is 9.59 Å². The molecule has 2 aromatic carbocycles. The number of hydrogen-bond acceptors (Lipinski definition) is 4. The van der Waals surface area contributed by atoms with Crippen LogP contribution in [0.4, 0.5) is 5.69 Å². The Balaban J connectivity index is 1.88. The second kappa shape index (κ2) is 9.30. The zero-order valence-electron chi connectivity index (χ0n) is 13.6. The second-order valence-corrected chi connectivity index (χ2v) is 5.91. The summed E-state index contributed by atoms with van der Waals surface area (Å²) in [5.41, 5.74) is 0.608. The number of nitrogens with one attached hydrogen (secondary N) is 1. The number of carbonyl (C=O) groups is 2. The van der Waals surface area contributed by atoms with Crippen molar-refractivity contribution in [1.29, 1.82) is 0 Å². The summed E-state index contributed by atoms with van der Waals surface area (Å²) < 4.78 is 10.4. The van der Waals surface area contributed by atoms with Crippen molar-refractivity contribution >= 4 is 40.8 Å². The third kappa shape index (κ3) is 5.66. The molecule has 5 nitrogen and oxygen atoms in total. The van der Waals surface area contributed by atoms with Gasteiger partial charge in [-0.3, -0.25) is 4.79 Å². The Bertz CT molecular complexity index is 727. The molecule has 0 bridgehead atoms. The fourth-order valence-electron chi connectivity index (χ4n) is 1.91. The first kappa shape index (κ1) is 19.1. The molecule has 0 aliphatic heterocycles. The first-order chi connectivity index (χ1) is 12.0. The summed E-state index contributed by atoms with van der Waals surface area (Å²) in [5.74, 6) is -0.474. The monoisotopic (exact) mass is 381 g/mol. The van der Waals surface area contributed by atoms with Gasteiger partial charge in [0.2, 0.25) is 0 Å². The molecule has 0 unspecified atom stereocenters. The molecule has 0 aromatic heterocycles. The molecule has 0 aliphatic rings. The maximum atomic E-state index is 12.0. The Morgan fingerprint density at radius 3 is 2.28 bits per heavy atom. The van der Waals surface area contributed by atoms with Crippen molar-refractivity contribution in [2.45, 2.75) is 13.3 Å². The number of anilines is 1. The standard InChI is InChI=1S/C18H17Cl2NO4/c1-2-10-24-13-8-6-12(7-9-13)18(23)25-11-16(22)21-17-14(19)4-3-5-15(17)20/h3-9H,2,10-11H2,1H3,(H,21,22). The van der Waals surface area contributed by atoms with E-state index in [-0.39, 0.29) is 5.69 Å². The second-order valence-electron chi connectivity index (χ2n) is 5.09. The van der Waals surface area contributed by atoms with E-state index in [0.717, 1.165) is 6.42 Å². The minimum absolute atomic E-state index is 0.282. The predicted molar refractivity (Wildman–Crippen MR) is 97.6 cm³/mol. The van der Waals surface area contributed by atoms with E-state index in [1.807, 2.05) is 6.92 Å². The summed E-state index contributed by atoms with van der Waals surface area (Å²) in [6.07, 6.45) is 0.897. The highest BCUT2D eigenvalue weighted by Gasteiger charge is 2.13. The summed E-state index contributed by atoms with van der Waals surface area (Å²) >= 11 is 11.9. The average Bonchev–Trinajstić information content (AvgIpc) is 2.61. The minimum Gasteiger partial charge on any atom is -0.494 e. The van der Waals surface area contributed by atoms with Gasteiger partial charge < -0.3 is 14.8 Å². The largest absolute Gasteiger partial charge is 0.494 e. The highest BCUT2D eigenvalue weighted by Crippen LogP contribution is 2.29. The number of benzene rings is 2. The van der Waals surface area contributed by atoms with Crippen LogP contribution in [0.5, 0.6) is 5.75 Å². The third-order valence-corrected chi connectivity index (χ3v) is 3.75. The molecule has 0 fully saturated rings. The van der Waals surface area contributed by atoms with E-state index in [0.29, 0.717) is 28.0 Å². The van der Waals surface area contributed by atoms with Gasteiger partial charge in [0.25, 0.3) is 5.91 Å².